The standard InChI is InChI=1S/C16H16F2N2O4S/c1-16-5-4-14(22)20(16)12(8-25-16)15(23)24-7-13(21)19-11-3-2-9(17)6-10(11)18/h2-3,6,12H,4-5,7-8H2,1H3,(H,19,21)/t12-,16-/m0/s1. The first-order chi connectivity index (χ1) is 11.8. The molecule has 0 aromatic heterocycles. The van der Waals surface area contributed by atoms with E-state index in [0.29, 0.717) is 24.7 Å². The minimum Gasteiger partial charge on any atom is -0.454 e. The molecule has 2 saturated heterocycles. The van der Waals surface area contributed by atoms with E-state index < -0.39 is 41.0 Å². The number of halogens is 2. The number of esters is 1. The van der Waals surface area contributed by atoms with Crippen molar-refractivity contribution in [2.75, 3.05) is 17.7 Å². The van der Waals surface area contributed by atoms with Crippen molar-refractivity contribution in [2.24, 2.45) is 0 Å². The first-order valence-electron chi connectivity index (χ1n) is 7.68. The van der Waals surface area contributed by atoms with Gasteiger partial charge in [-0.25, -0.2) is 13.6 Å². The lowest BCUT2D eigenvalue weighted by molar-refractivity contribution is -0.155. The van der Waals surface area contributed by atoms with E-state index >= 15 is 0 Å². The van der Waals surface area contributed by atoms with Crippen LogP contribution < -0.4 is 5.32 Å². The largest absolute Gasteiger partial charge is 0.454 e. The molecule has 1 N–H and O–H groups in total. The molecule has 134 valence electrons. The summed E-state index contributed by atoms with van der Waals surface area (Å²) < 4.78 is 31.3. The summed E-state index contributed by atoms with van der Waals surface area (Å²) in [5.41, 5.74) is -0.207. The zero-order valence-electron chi connectivity index (χ0n) is 13.4. The van der Waals surface area contributed by atoms with Gasteiger partial charge in [0.05, 0.1) is 10.6 Å². The van der Waals surface area contributed by atoms with Crippen molar-refractivity contribution in [1.29, 1.82) is 0 Å². The minimum atomic E-state index is -0.926. The van der Waals surface area contributed by atoms with Gasteiger partial charge in [-0.05, 0) is 25.5 Å². The van der Waals surface area contributed by atoms with Crippen LogP contribution in [0.5, 0.6) is 0 Å². The Hall–Kier alpha value is -2.16. The van der Waals surface area contributed by atoms with Crippen molar-refractivity contribution >= 4 is 35.2 Å². The van der Waals surface area contributed by atoms with Gasteiger partial charge in [0.25, 0.3) is 5.91 Å². The molecule has 0 aliphatic carbocycles. The molecule has 25 heavy (non-hydrogen) atoms. The second kappa shape index (κ2) is 6.62. The predicted octanol–water partition coefficient (Wildman–Crippen LogP) is 1.90. The van der Waals surface area contributed by atoms with E-state index in [1.807, 2.05) is 6.92 Å². The van der Waals surface area contributed by atoms with Crippen LogP contribution >= 0.6 is 11.8 Å². The highest BCUT2D eigenvalue weighted by Gasteiger charge is 2.53. The number of carbonyl (C=O) groups excluding carboxylic acids is 3. The average Bonchev–Trinajstić information content (AvgIpc) is 3.04. The molecule has 2 amide bonds. The molecule has 0 saturated carbocycles. The van der Waals surface area contributed by atoms with Gasteiger partial charge >= 0.3 is 5.97 Å². The second-order valence-electron chi connectivity index (χ2n) is 6.05. The molecule has 1 aromatic rings. The van der Waals surface area contributed by atoms with Gasteiger partial charge < -0.3 is 15.0 Å². The molecule has 1 aromatic carbocycles. The molecule has 2 aliphatic rings. The Morgan fingerprint density at radius 3 is 2.92 bits per heavy atom. The molecule has 9 heteroatoms. The Balaban J connectivity index is 1.55. The average molecular weight is 370 g/mol. The smallest absolute Gasteiger partial charge is 0.330 e. The van der Waals surface area contributed by atoms with Crippen LogP contribution in [0.25, 0.3) is 0 Å². The Morgan fingerprint density at radius 2 is 2.20 bits per heavy atom. The summed E-state index contributed by atoms with van der Waals surface area (Å²) in [4.78, 5) is 37.1. The van der Waals surface area contributed by atoms with Gasteiger partial charge in [0.15, 0.2) is 6.61 Å². The highest BCUT2D eigenvalue weighted by Crippen LogP contribution is 2.47. The van der Waals surface area contributed by atoms with E-state index in [4.69, 9.17) is 4.74 Å². The number of carbonyl (C=O) groups is 3. The highest BCUT2D eigenvalue weighted by atomic mass is 32.2. The van der Waals surface area contributed by atoms with Crippen LogP contribution in [0, 0.1) is 11.6 Å². The van der Waals surface area contributed by atoms with Crippen LogP contribution in [0.15, 0.2) is 18.2 Å². The number of fused-ring (bicyclic) bond motifs is 1. The van der Waals surface area contributed by atoms with Gasteiger partial charge in [0, 0.05) is 18.2 Å². The second-order valence-corrected chi connectivity index (χ2v) is 7.55. The number of anilines is 1. The molecule has 0 bridgehead atoms. The number of amides is 2. The summed E-state index contributed by atoms with van der Waals surface area (Å²) in [5.74, 6) is -2.80. The Morgan fingerprint density at radius 1 is 1.44 bits per heavy atom. The number of nitrogens with one attached hydrogen (secondary N) is 1. The summed E-state index contributed by atoms with van der Waals surface area (Å²) >= 11 is 1.51. The molecule has 3 rings (SSSR count). The molecule has 2 heterocycles. The highest BCUT2D eigenvalue weighted by molar-refractivity contribution is 8.01. The van der Waals surface area contributed by atoms with Gasteiger partial charge in [-0.3, -0.25) is 9.59 Å². The number of rotatable bonds is 4. The normalized spacial score (nSPS) is 25.0. The van der Waals surface area contributed by atoms with E-state index in [0.717, 1.165) is 12.1 Å². The lowest BCUT2D eigenvalue weighted by atomic mass is 10.2. The summed E-state index contributed by atoms with van der Waals surface area (Å²) in [6.07, 6.45) is 1.06. The van der Waals surface area contributed by atoms with E-state index in [2.05, 4.69) is 5.32 Å². The maximum absolute atomic E-state index is 13.5. The van der Waals surface area contributed by atoms with Crippen molar-refractivity contribution in [3.05, 3.63) is 29.8 Å². The van der Waals surface area contributed by atoms with Gasteiger partial charge in [0.2, 0.25) is 5.91 Å². The fraction of sp³-hybridized carbons (Fsp3) is 0.438. The van der Waals surface area contributed by atoms with E-state index in [1.165, 1.54) is 16.7 Å². The van der Waals surface area contributed by atoms with Crippen LogP contribution in [0.3, 0.4) is 0 Å². The van der Waals surface area contributed by atoms with Gasteiger partial charge in [-0.15, -0.1) is 11.8 Å². The number of thioether (sulfide) groups is 1. The molecule has 6 nitrogen and oxygen atoms in total. The quantitative estimate of drug-likeness (QED) is 0.820. The lowest BCUT2D eigenvalue weighted by Crippen LogP contribution is -2.47. The number of benzene rings is 1. The zero-order chi connectivity index (χ0) is 18.2. The number of nitrogens with zero attached hydrogens (tertiary/aromatic N) is 1. The summed E-state index contributed by atoms with van der Waals surface area (Å²) in [6, 6.07) is 1.99. The Kier molecular flexibility index (Phi) is 4.68. The SMILES string of the molecule is C[C@]12CCC(=O)N1[C@H](C(=O)OCC(=O)Nc1ccc(F)cc1F)CS2. The third-order valence-electron chi connectivity index (χ3n) is 4.27. The van der Waals surface area contributed by atoms with Crippen molar-refractivity contribution in [3.8, 4) is 0 Å². The van der Waals surface area contributed by atoms with Crippen molar-refractivity contribution in [1.82, 2.24) is 4.90 Å². The van der Waals surface area contributed by atoms with Crippen LogP contribution in [-0.2, 0) is 19.1 Å². The fourth-order valence-electron chi connectivity index (χ4n) is 3.01. The molecule has 0 radical (unpaired) electrons. The van der Waals surface area contributed by atoms with Gasteiger partial charge in [-0.1, -0.05) is 0 Å². The van der Waals surface area contributed by atoms with E-state index in [1.54, 1.807) is 0 Å². The van der Waals surface area contributed by atoms with Crippen LogP contribution in [0.4, 0.5) is 14.5 Å². The van der Waals surface area contributed by atoms with Crippen molar-refractivity contribution in [3.63, 3.8) is 0 Å². The molecule has 2 aliphatic heterocycles. The summed E-state index contributed by atoms with van der Waals surface area (Å²) in [5, 5.41) is 2.20. The number of hydrogen-bond donors (Lipinski definition) is 1. The first kappa shape index (κ1) is 17.7. The minimum absolute atomic E-state index is 0.104. The fourth-order valence-corrected chi connectivity index (χ4v) is 4.42. The number of hydrogen-bond acceptors (Lipinski definition) is 5. The van der Waals surface area contributed by atoms with Crippen LogP contribution in [-0.4, -0.2) is 46.0 Å². The monoisotopic (exact) mass is 370 g/mol. The van der Waals surface area contributed by atoms with Crippen molar-refractivity contribution in [2.45, 2.75) is 30.7 Å². The van der Waals surface area contributed by atoms with E-state index in [-0.39, 0.29) is 11.6 Å². The maximum Gasteiger partial charge on any atom is 0.330 e. The Labute approximate surface area is 146 Å². The van der Waals surface area contributed by atoms with E-state index in [9.17, 15) is 23.2 Å². The molecular formula is C16H16F2N2O4S. The molecule has 2 fully saturated rings. The molecule has 0 unspecified atom stereocenters. The number of ether oxygens (including phenoxy) is 1. The summed E-state index contributed by atoms with van der Waals surface area (Å²) in [7, 11) is 0. The third kappa shape index (κ3) is 3.46. The Bertz CT molecular complexity index is 745. The summed E-state index contributed by atoms with van der Waals surface area (Å²) in [6.45, 7) is 1.29. The molecular weight excluding hydrogens is 354 g/mol. The molecule has 2 atom stereocenters. The first-order valence-corrected chi connectivity index (χ1v) is 8.66. The van der Waals surface area contributed by atoms with Gasteiger partial charge in [-0.2, -0.15) is 0 Å². The van der Waals surface area contributed by atoms with Crippen LogP contribution in [0.1, 0.15) is 19.8 Å². The lowest BCUT2D eigenvalue weighted by Gasteiger charge is -2.29. The zero-order valence-corrected chi connectivity index (χ0v) is 14.2. The van der Waals surface area contributed by atoms with Gasteiger partial charge in [0.1, 0.15) is 17.7 Å². The topological polar surface area (TPSA) is 75.7 Å². The van der Waals surface area contributed by atoms with Crippen molar-refractivity contribution < 1.29 is 27.9 Å². The third-order valence-corrected chi connectivity index (χ3v) is 5.77. The van der Waals surface area contributed by atoms with Crippen LogP contribution in [0.2, 0.25) is 0 Å². The molecule has 0 spiro atoms. The maximum atomic E-state index is 13.5. The predicted molar refractivity (Wildman–Crippen MR) is 86.7 cm³/mol.